The van der Waals surface area contributed by atoms with E-state index in [2.05, 4.69) is 0 Å². The van der Waals surface area contributed by atoms with Gasteiger partial charge < -0.3 is 19.3 Å². The molecule has 1 N–H and O–H groups in total. The van der Waals surface area contributed by atoms with Crippen molar-refractivity contribution in [2.45, 2.75) is 19.6 Å². The number of ether oxygens (including phenoxy) is 3. The number of fused-ring (bicyclic) bond motifs is 1. The Morgan fingerprint density at radius 1 is 0.936 bits per heavy atom. The van der Waals surface area contributed by atoms with Gasteiger partial charge >= 0.3 is 11.9 Å². The molecule has 0 saturated carbocycles. The standard InChI is InChI=1S/C37H30N2O7S/c1-3-45-36(43)31-32(25-10-5-4-6-11-25)38-37-39(33(31)26-12-8-14-29(21-26)44-2)34(40)30(47-37)20-23-15-17-28(18-16-23)46-22-24-9-7-13-27(19-24)35(41)42/h4-21,33H,3,22H2,1-2H3,(H,41,42)/b30-20-/t33-/m0/s1. The van der Waals surface area contributed by atoms with Gasteiger partial charge in [-0.3, -0.25) is 9.36 Å². The van der Waals surface area contributed by atoms with Crippen molar-refractivity contribution in [1.29, 1.82) is 0 Å². The lowest BCUT2D eigenvalue weighted by molar-refractivity contribution is -0.138. The van der Waals surface area contributed by atoms with Crippen LogP contribution in [0.2, 0.25) is 0 Å². The molecule has 1 aliphatic rings. The number of rotatable bonds is 10. The predicted molar refractivity (Wildman–Crippen MR) is 178 cm³/mol. The fourth-order valence-corrected chi connectivity index (χ4v) is 6.34. The van der Waals surface area contributed by atoms with Crippen LogP contribution in [0.25, 0.3) is 11.8 Å². The van der Waals surface area contributed by atoms with Gasteiger partial charge in [-0.25, -0.2) is 14.6 Å². The Balaban J connectivity index is 1.41. The van der Waals surface area contributed by atoms with Gasteiger partial charge in [-0.15, -0.1) is 0 Å². The van der Waals surface area contributed by atoms with Gasteiger partial charge in [0.15, 0.2) is 4.80 Å². The number of carboxylic acids is 1. The zero-order valence-electron chi connectivity index (χ0n) is 25.6. The molecule has 6 rings (SSSR count). The molecule has 2 heterocycles. The van der Waals surface area contributed by atoms with Crippen LogP contribution in [0.4, 0.5) is 0 Å². The zero-order chi connectivity index (χ0) is 32.9. The summed E-state index contributed by atoms with van der Waals surface area (Å²) in [7, 11) is 1.56. The summed E-state index contributed by atoms with van der Waals surface area (Å²) < 4.78 is 18.9. The van der Waals surface area contributed by atoms with Gasteiger partial charge in [0, 0.05) is 5.56 Å². The third kappa shape index (κ3) is 6.63. The van der Waals surface area contributed by atoms with Gasteiger partial charge in [-0.05, 0) is 66.1 Å². The quantitative estimate of drug-likeness (QED) is 0.207. The summed E-state index contributed by atoms with van der Waals surface area (Å²) in [5, 5.41) is 9.24. The van der Waals surface area contributed by atoms with Crippen molar-refractivity contribution in [3.8, 4) is 11.5 Å². The molecule has 236 valence electrons. The van der Waals surface area contributed by atoms with Crippen molar-refractivity contribution in [3.05, 3.63) is 156 Å². The summed E-state index contributed by atoms with van der Waals surface area (Å²) in [6.07, 6.45) is 1.78. The van der Waals surface area contributed by atoms with E-state index in [9.17, 15) is 19.5 Å². The van der Waals surface area contributed by atoms with Crippen LogP contribution in [-0.2, 0) is 16.1 Å². The molecule has 4 aromatic carbocycles. The van der Waals surface area contributed by atoms with Gasteiger partial charge in [0.2, 0.25) is 0 Å². The molecule has 1 aliphatic heterocycles. The highest BCUT2D eigenvalue weighted by molar-refractivity contribution is 7.07. The normalized spacial score (nSPS) is 14.3. The van der Waals surface area contributed by atoms with Gasteiger partial charge in [-0.2, -0.15) is 0 Å². The first kappa shape index (κ1) is 31.3. The number of carboxylic acid groups (broad SMARTS) is 1. The Bertz CT molecular complexity index is 2170. The molecule has 5 aromatic rings. The molecular formula is C37H30N2O7S. The van der Waals surface area contributed by atoms with E-state index in [-0.39, 0.29) is 29.9 Å². The van der Waals surface area contributed by atoms with Gasteiger partial charge in [-0.1, -0.05) is 78.1 Å². The van der Waals surface area contributed by atoms with Crippen molar-refractivity contribution in [2.75, 3.05) is 13.7 Å². The van der Waals surface area contributed by atoms with E-state index in [1.54, 1.807) is 61.1 Å². The highest BCUT2D eigenvalue weighted by Crippen LogP contribution is 2.36. The molecular weight excluding hydrogens is 616 g/mol. The molecule has 0 spiro atoms. The summed E-state index contributed by atoms with van der Waals surface area (Å²) in [6, 6.07) is 29.7. The smallest absolute Gasteiger partial charge is 0.338 e. The number of aromatic carboxylic acids is 1. The maximum atomic E-state index is 14.1. The summed E-state index contributed by atoms with van der Waals surface area (Å²) in [4.78, 5) is 44.4. The van der Waals surface area contributed by atoms with Crippen LogP contribution in [0, 0.1) is 0 Å². The topological polar surface area (TPSA) is 116 Å². The van der Waals surface area contributed by atoms with E-state index in [4.69, 9.17) is 19.2 Å². The van der Waals surface area contributed by atoms with Crippen molar-refractivity contribution in [2.24, 2.45) is 4.99 Å². The summed E-state index contributed by atoms with van der Waals surface area (Å²) in [5.74, 6) is -0.371. The van der Waals surface area contributed by atoms with Crippen molar-refractivity contribution in [1.82, 2.24) is 4.57 Å². The summed E-state index contributed by atoms with van der Waals surface area (Å²) in [5.41, 5.74) is 3.51. The number of hydrogen-bond acceptors (Lipinski definition) is 8. The average molecular weight is 647 g/mol. The highest BCUT2D eigenvalue weighted by Gasteiger charge is 2.35. The third-order valence-corrected chi connectivity index (χ3v) is 8.52. The van der Waals surface area contributed by atoms with E-state index in [1.165, 1.54) is 17.4 Å². The van der Waals surface area contributed by atoms with Crippen molar-refractivity contribution in [3.63, 3.8) is 0 Å². The van der Waals surface area contributed by atoms with Crippen LogP contribution in [-0.4, -0.2) is 35.3 Å². The number of benzene rings is 4. The predicted octanol–water partition coefficient (Wildman–Crippen LogP) is 5.22. The number of hydrogen-bond donors (Lipinski definition) is 1. The summed E-state index contributed by atoms with van der Waals surface area (Å²) >= 11 is 1.24. The van der Waals surface area contributed by atoms with E-state index in [0.29, 0.717) is 32.1 Å². The molecule has 0 fully saturated rings. The maximum Gasteiger partial charge on any atom is 0.338 e. The first-order valence-electron chi connectivity index (χ1n) is 14.8. The average Bonchev–Trinajstić information content (AvgIpc) is 3.41. The highest BCUT2D eigenvalue weighted by atomic mass is 32.1. The molecule has 0 bridgehead atoms. The molecule has 1 aromatic heterocycles. The molecule has 0 radical (unpaired) electrons. The number of esters is 1. The first-order chi connectivity index (χ1) is 22.9. The van der Waals surface area contributed by atoms with Gasteiger partial charge in [0.25, 0.3) is 5.56 Å². The Hall–Kier alpha value is -5.74. The Morgan fingerprint density at radius 3 is 2.43 bits per heavy atom. The number of nitrogens with zero attached hydrogens (tertiary/aromatic N) is 2. The Morgan fingerprint density at radius 2 is 1.70 bits per heavy atom. The second kappa shape index (κ2) is 13.7. The largest absolute Gasteiger partial charge is 0.497 e. The minimum atomic E-state index is -0.996. The molecule has 47 heavy (non-hydrogen) atoms. The molecule has 1 atom stereocenters. The zero-order valence-corrected chi connectivity index (χ0v) is 26.4. The van der Waals surface area contributed by atoms with Crippen LogP contribution in [0.15, 0.2) is 118 Å². The number of carbonyl (C=O) groups is 2. The van der Waals surface area contributed by atoms with Crippen LogP contribution in [0.5, 0.6) is 11.5 Å². The fourth-order valence-electron chi connectivity index (χ4n) is 5.34. The number of carbonyl (C=O) groups excluding carboxylic acids is 1. The Labute approximate surface area is 274 Å². The summed E-state index contributed by atoms with van der Waals surface area (Å²) in [6.45, 7) is 2.10. The third-order valence-electron chi connectivity index (χ3n) is 7.54. The van der Waals surface area contributed by atoms with E-state index < -0.39 is 18.0 Å². The lowest BCUT2D eigenvalue weighted by atomic mass is 9.93. The second-order valence-corrected chi connectivity index (χ2v) is 11.6. The SMILES string of the molecule is CCOC(=O)C1=C(c2ccccc2)N=c2s/c(=C\c3ccc(OCc4cccc(C(=O)O)c4)cc3)c(=O)n2[C@H]1c1cccc(OC)c1. The van der Waals surface area contributed by atoms with Crippen molar-refractivity contribution >= 4 is 35.0 Å². The van der Waals surface area contributed by atoms with E-state index >= 15 is 0 Å². The number of aromatic nitrogens is 1. The van der Waals surface area contributed by atoms with Crippen LogP contribution in [0.1, 0.15) is 45.6 Å². The minimum Gasteiger partial charge on any atom is -0.497 e. The monoisotopic (exact) mass is 646 g/mol. The minimum absolute atomic E-state index is 0.161. The van der Waals surface area contributed by atoms with Crippen molar-refractivity contribution < 1.29 is 28.9 Å². The first-order valence-corrected chi connectivity index (χ1v) is 15.7. The van der Waals surface area contributed by atoms with E-state index in [0.717, 1.165) is 16.7 Å². The molecule has 0 aliphatic carbocycles. The van der Waals surface area contributed by atoms with Crippen LogP contribution in [0.3, 0.4) is 0 Å². The van der Waals surface area contributed by atoms with E-state index in [1.807, 2.05) is 60.7 Å². The molecule has 9 nitrogen and oxygen atoms in total. The van der Waals surface area contributed by atoms with Gasteiger partial charge in [0.1, 0.15) is 18.1 Å². The van der Waals surface area contributed by atoms with Crippen LogP contribution < -0.4 is 24.4 Å². The molecule has 0 amide bonds. The molecule has 10 heteroatoms. The lowest BCUT2D eigenvalue weighted by Gasteiger charge is -2.26. The molecule has 0 saturated heterocycles. The second-order valence-electron chi connectivity index (χ2n) is 10.6. The number of methoxy groups -OCH3 is 1. The number of thiazole rings is 1. The lowest BCUT2D eigenvalue weighted by Crippen LogP contribution is -2.40. The molecule has 0 unspecified atom stereocenters. The fraction of sp³-hybridized carbons (Fsp3) is 0.135. The Kier molecular flexibility index (Phi) is 9.12. The van der Waals surface area contributed by atoms with Gasteiger partial charge in [0.05, 0.1) is 41.1 Å². The maximum absolute atomic E-state index is 14.1. The van der Waals surface area contributed by atoms with Crippen LogP contribution >= 0.6 is 11.3 Å².